The molecule has 11 heteroatoms. The van der Waals surface area contributed by atoms with E-state index in [0.29, 0.717) is 44.0 Å². The van der Waals surface area contributed by atoms with Gasteiger partial charge in [0.15, 0.2) is 0 Å². The largest absolute Gasteiger partial charge is 0.437 e. The summed E-state index contributed by atoms with van der Waals surface area (Å²) in [5, 5.41) is 14.0. The van der Waals surface area contributed by atoms with Crippen LogP contribution in [0.5, 0.6) is 0 Å². The zero-order valence-electron chi connectivity index (χ0n) is 23.1. The molecule has 0 unspecified atom stereocenters. The zero-order valence-corrected chi connectivity index (χ0v) is 23.1. The normalized spacial score (nSPS) is 12.8. The Morgan fingerprint density at radius 1 is 1.05 bits per heavy atom. The molecule has 0 spiro atoms. The van der Waals surface area contributed by atoms with Crippen molar-refractivity contribution in [2.45, 2.75) is 40.4 Å². The second kappa shape index (κ2) is 12.7. The Balaban J connectivity index is 1.56. The minimum absolute atomic E-state index is 0.0103. The number of carbonyl (C=O) groups is 2. The Morgan fingerprint density at radius 2 is 1.77 bits per heavy atom. The number of hydrazine groups is 1. The molecule has 0 radical (unpaired) electrons. The lowest BCUT2D eigenvalue weighted by Gasteiger charge is -2.32. The number of aryl methyl sites for hydroxylation is 2. The lowest BCUT2D eigenvalue weighted by atomic mass is 10.1. The molecule has 208 valence electrons. The molecular weight excluding hydrogens is 498 g/mol. The van der Waals surface area contributed by atoms with Gasteiger partial charge in [-0.1, -0.05) is 37.3 Å². The Labute approximate surface area is 228 Å². The third-order valence-corrected chi connectivity index (χ3v) is 6.85. The topological polar surface area (TPSA) is 116 Å². The fraction of sp³-hybridized carbons (Fsp3) is 0.429. The van der Waals surface area contributed by atoms with Crippen molar-refractivity contribution in [2.75, 3.05) is 44.7 Å². The number of benzene rings is 2. The third kappa shape index (κ3) is 6.73. The molecule has 0 saturated carbocycles. The molecular formula is C28H37N7O4. The standard InChI is InChI=1S/C28H37N7O4/c1-5-29-13-14-30-25(36)18-33(19-26(37)32(4)34-16-22-9-7-8-10-23(22)17-34)24-15-21(12-11-20(24)3)27-31-35(6-2)28(38)39-27/h7-12,15,29H,5-6,13-14,16-19H2,1-4H3,(H,30,36). The molecule has 1 aromatic heterocycles. The number of likely N-dealkylation sites (N-methyl/N-ethyl adjacent to an activating group) is 2. The van der Waals surface area contributed by atoms with E-state index in [1.54, 1.807) is 17.0 Å². The van der Waals surface area contributed by atoms with E-state index < -0.39 is 5.76 Å². The molecule has 1 aliphatic heterocycles. The van der Waals surface area contributed by atoms with Crippen molar-refractivity contribution in [1.29, 1.82) is 0 Å². The number of amides is 2. The highest BCUT2D eigenvalue weighted by atomic mass is 16.4. The molecule has 2 heterocycles. The van der Waals surface area contributed by atoms with Crippen LogP contribution in [0.15, 0.2) is 51.7 Å². The monoisotopic (exact) mass is 535 g/mol. The van der Waals surface area contributed by atoms with Crippen molar-refractivity contribution in [3.8, 4) is 11.5 Å². The minimum Gasteiger partial charge on any atom is -0.388 e. The van der Waals surface area contributed by atoms with Crippen molar-refractivity contribution in [2.24, 2.45) is 0 Å². The van der Waals surface area contributed by atoms with Crippen molar-refractivity contribution in [1.82, 2.24) is 30.4 Å². The summed E-state index contributed by atoms with van der Waals surface area (Å²) in [7, 11) is 1.76. The van der Waals surface area contributed by atoms with Crippen LogP contribution in [0.25, 0.3) is 11.5 Å². The van der Waals surface area contributed by atoms with Gasteiger partial charge in [-0.2, -0.15) is 4.68 Å². The number of anilines is 1. The molecule has 0 fully saturated rings. The predicted molar refractivity (Wildman–Crippen MR) is 149 cm³/mol. The van der Waals surface area contributed by atoms with Crippen LogP contribution in [-0.2, 0) is 29.2 Å². The van der Waals surface area contributed by atoms with E-state index in [9.17, 15) is 14.4 Å². The number of hydrogen-bond donors (Lipinski definition) is 2. The summed E-state index contributed by atoms with van der Waals surface area (Å²) in [6.07, 6.45) is 0. The molecule has 2 amide bonds. The first kappa shape index (κ1) is 28.1. The van der Waals surface area contributed by atoms with Crippen LogP contribution < -0.4 is 21.3 Å². The Bertz CT molecular complexity index is 1340. The van der Waals surface area contributed by atoms with E-state index in [1.165, 1.54) is 15.8 Å². The van der Waals surface area contributed by atoms with E-state index in [0.717, 1.165) is 12.1 Å². The van der Waals surface area contributed by atoms with Crippen LogP contribution in [0, 0.1) is 6.92 Å². The highest BCUT2D eigenvalue weighted by Gasteiger charge is 2.27. The molecule has 0 atom stereocenters. The summed E-state index contributed by atoms with van der Waals surface area (Å²) in [6, 6.07) is 13.6. The van der Waals surface area contributed by atoms with Crippen LogP contribution in [0.2, 0.25) is 0 Å². The third-order valence-electron chi connectivity index (χ3n) is 6.85. The second-order valence-electron chi connectivity index (χ2n) is 9.56. The van der Waals surface area contributed by atoms with Gasteiger partial charge in [-0.25, -0.2) is 9.80 Å². The summed E-state index contributed by atoms with van der Waals surface area (Å²) < 4.78 is 6.60. The summed E-state index contributed by atoms with van der Waals surface area (Å²) in [4.78, 5) is 40.3. The number of nitrogens with zero attached hydrogens (tertiary/aromatic N) is 5. The molecule has 39 heavy (non-hydrogen) atoms. The Kier molecular flexibility index (Phi) is 9.15. The summed E-state index contributed by atoms with van der Waals surface area (Å²) in [6.45, 7) is 9.37. The maximum absolute atomic E-state index is 13.5. The average Bonchev–Trinajstić information content (AvgIpc) is 3.53. The molecule has 0 aliphatic carbocycles. The summed E-state index contributed by atoms with van der Waals surface area (Å²) in [5.41, 5.74) is 4.56. The average molecular weight is 536 g/mol. The molecule has 2 N–H and O–H groups in total. The summed E-state index contributed by atoms with van der Waals surface area (Å²) in [5.74, 6) is -0.676. The van der Waals surface area contributed by atoms with Crippen molar-refractivity contribution in [3.05, 3.63) is 69.7 Å². The van der Waals surface area contributed by atoms with Crippen LogP contribution in [0.1, 0.15) is 30.5 Å². The van der Waals surface area contributed by atoms with Gasteiger partial charge in [0.1, 0.15) is 0 Å². The Morgan fingerprint density at radius 3 is 2.41 bits per heavy atom. The van der Waals surface area contributed by atoms with Crippen LogP contribution in [-0.4, -0.2) is 71.4 Å². The highest BCUT2D eigenvalue weighted by Crippen LogP contribution is 2.28. The number of nitrogens with one attached hydrogen (secondary N) is 2. The Hall–Kier alpha value is -3.96. The molecule has 0 saturated heterocycles. The number of fused-ring (bicyclic) bond motifs is 1. The fourth-order valence-electron chi connectivity index (χ4n) is 4.58. The number of aromatic nitrogens is 2. The number of hydrogen-bond acceptors (Lipinski definition) is 8. The van der Waals surface area contributed by atoms with Crippen molar-refractivity contribution < 1.29 is 14.0 Å². The molecule has 3 aromatic rings. The second-order valence-corrected chi connectivity index (χ2v) is 9.56. The first-order chi connectivity index (χ1) is 18.8. The van der Waals surface area contributed by atoms with E-state index in [2.05, 4.69) is 27.9 Å². The van der Waals surface area contributed by atoms with Crippen LogP contribution in [0.3, 0.4) is 0 Å². The first-order valence-electron chi connectivity index (χ1n) is 13.3. The molecule has 0 bridgehead atoms. The van der Waals surface area contributed by atoms with Gasteiger partial charge >= 0.3 is 5.76 Å². The zero-order chi connectivity index (χ0) is 27.9. The molecule has 1 aliphatic rings. The van der Waals surface area contributed by atoms with Crippen LogP contribution in [0.4, 0.5) is 5.69 Å². The van der Waals surface area contributed by atoms with Gasteiger partial charge < -0.3 is 20.0 Å². The van der Waals surface area contributed by atoms with E-state index >= 15 is 0 Å². The van der Waals surface area contributed by atoms with E-state index in [4.69, 9.17) is 4.42 Å². The van der Waals surface area contributed by atoms with Gasteiger partial charge in [-0.05, 0) is 49.2 Å². The van der Waals surface area contributed by atoms with Gasteiger partial charge in [0, 0.05) is 51.0 Å². The lowest BCUT2D eigenvalue weighted by Crippen LogP contribution is -2.48. The smallest absolute Gasteiger partial charge is 0.388 e. The van der Waals surface area contributed by atoms with Gasteiger partial charge in [0.2, 0.25) is 11.8 Å². The van der Waals surface area contributed by atoms with Gasteiger partial charge in [0.25, 0.3) is 5.91 Å². The predicted octanol–water partition coefficient (Wildman–Crippen LogP) is 1.75. The van der Waals surface area contributed by atoms with Crippen molar-refractivity contribution >= 4 is 17.5 Å². The van der Waals surface area contributed by atoms with E-state index in [-0.39, 0.29) is 30.8 Å². The summed E-state index contributed by atoms with van der Waals surface area (Å²) >= 11 is 0. The number of rotatable bonds is 12. The maximum atomic E-state index is 13.5. The van der Waals surface area contributed by atoms with Gasteiger partial charge in [-0.15, -0.1) is 5.10 Å². The minimum atomic E-state index is -0.532. The molecule has 2 aromatic carbocycles. The SMILES string of the molecule is CCNCCNC(=O)CN(CC(=O)N(C)N1Cc2ccccc2C1)c1cc(-c2nn(CC)c(=O)o2)ccc1C. The van der Waals surface area contributed by atoms with Gasteiger partial charge in [0.05, 0.1) is 13.1 Å². The highest BCUT2D eigenvalue weighted by molar-refractivity contribution is 5.87. The molecule has 4 rings (SSSR count). The molecule has 11 nitrogen and oxygen atoms in total. The quantitative estimate of drug-likeness (QED) is 0.337. The number of carbonyl (C=O) groups excluding carboxylic acids is 2. The fourth-order valence-corrected chi connectivity index (χ4v) is 4.58. The van der Waals surface area contributed by atoms with Gasteiger partial charge in [-0.3, -0.25) is 14.6 Å². The van der Waals surface area contributed by atoms with Crippen molar-refractivity contribution in [3.63, 3.8) is 0 Å². The van der Waals surface area contributed by atoms with Crippen LogP contribution >= 0.6 is 0 Å². The lowest BCUT2D eigenvalue weighted by molar-refractivity contribution is -0.145. The maximum Gasteiger partial charge on any atom is 0.437 e. The van der Waals surface area contributed by atoms with E-state index in [1.807, 2.05) is 56.1 Å². The first-order valence-corrected chi connectivity index (χ1v) is 13.3.